The Morgan fingerprint density at radius 3 is 2.70 bits per heavy atom. The zero-order valence-electron chi connectivity index (χ0n) is 15.5. The van der Waals surface area contributed by atoms with Crippen molar-refractivity contribution in [2.45, 2.75) is 30.3 Å². The number of hydrogen-bond acceptors (Lipinski definition) is 7. The number of nitrogen functional groups attached to an aromatic ring is 1. The lowest BCUT2D eigenvalue weighted by Gasteiger charge is -2.09. The van der Waals surface area contributed by atoms with Gasteiger partial charge in [-0.2, -0.15) is 4.98 Å². The van der Waals surface area contributed by atoms with E-state index in [2.05, 4.69) is 38.0 Å². The van der Waals surface area contributed by atoms with Gasteiger partial charge < -0.3 is 19.8 Å². The van der Waals surface area contributed by atoms with E-state index in [4.69, 9.17) is 15.2 Å². The predicted octanol–water partition coefficient (Wildman–Crippen LogP) is 3.44. The van der Waals surface area contributed by atoms with Gasteiger partial charge in [0.1, 0.15) is 16.3 Å². The van der Waals surface area contributed by atoms with Gasteiger partial charge in [0.15, 0.2) is 5.65 Å². The normalized spacial score (nSPS) is 11.4. The van der Waals surface area contributed by atoms with Crippen LogP contribution < -0.4 is 10.5 Å². The second kappa shape index (κ2) is 9.35. The van der Waals surface area contributed by atoms with E-state index in [1.54, 1.807) is 6.33 Å². The van der Waals surface area contributed by atoms with Crippen molar-refractivity contribution < 1.29 is 9.47 Å². The summed E-state index contributed by atoms with van der Waals surface area (Å²) in [4.78, 5) is 14.2. The number of fused-ring (bicyclic) bond motifs is 1. The highest BCUT2D eigenvalue weighted by molar-refractivity contribution is 7.99. The quantitative estimate of drug-likeness (QED) is 0.331. The highest BCUT2D eigenvalue weighted by Gasteiger charge is 2.13. The maximum Gasteiger partial charge on any atom is 0.223 e. The number of nitrogens with zero attached hydrogens (tertiary/aromatic N) is 4. The van der Waals surface area contributed by atoms with Crippen molar-refractivity contribution in [2.75, 3.05) is 25.3 Å². The fourth-order valence-corrected chi connectivity index (χ4v) is 3.44. The third-order valence-electron chi connectivity index (χ3n) is 3.67. The summed E-state index contributed by atoms with van der Waals surface area (Å²) in [5, 5.41) is 0.735. The molecule has 2 N–H and O–H groups in total. The zero-order valence-corrected chi connectivity index (χ0v) is 17.4. The summed E-state index contributed by atoms with van der Waals surface area (Å²) in [6.07, 6.45) is 2.35. The summed E-state index contributed by atoms with van der Waals surface area (Å²) in [6.45, 7) is 6.20. The lowest BCUT2D eigenvalue weighted by molar-refractivity contribution is 0.173. The minimum absolute atomic E-state index is 0.232. The van der Waals surface area contributed by atoms with Gasteiger partial charge in [-0.05, 0) is 30.2 Å². The molecule has 0 aliphatic rings. The molecule has 0 aliphatic heterocycles. The molecule has 3 aromatic rings. The Morgan fingerprint density at radius 2 is 2.00 bits per heavy atom. The highest BCUT2D eigenvalue weighted by atomic mass is 32.2. The number of nitrogens with two attached hydrogens (primary N) is 1. The van der Waals surface area contributed by atoms with E-state index in [0.29, 0.717) is 37.7 Å². The summed E-state index contributed by atoms with van der Waals surface area (Å²) >= 11 is 1.51. The van der Waals surface area contributed by atoms with Crippen LogP contribution in [0.25, 0.3) is 11.2 Å². The molecule has 9 heteroatoms. The van der Waals surface area contributed by atoms with Gasteiger partial charge in [-0.15, -0.1) is 9.24 Å². The van der Waals surface area contributed by atoms with Gasteiger partial charge >= 0.3 is 0 Å². The fourth-order valence-electron chi connectivity index (χ4n) is 2.39. The van der Waals surface area contributed by atoms with Gasteiger partial charge in [0.05, 0.1) is 25.9 Å². The molecule has 2 heterocycles. The van der Waals surface area contributed by atoms with Crippen LogP contribution in [0.5, 0.6) is 5.75 Å². The number of benzene rings is 1. The number of anilines is 1. The number of aromatic nitrogens is 4. The Hall–Kier alpha value is -1.89. The Kier molecular flexibility index (Phi) is 6.88. The summed E-state index contributed by atoms with van der Waals surface area (Å²) < 4.78 is 13.0. The predicted molar refractivity (Wildman–Crippen MR) is 111 cm³/mol. The number of ether oxygens (including phenoxy) is 2. The van der Waals surface area contributed by atoms with Crippen molar-refractivity contribution in [1.29, 1.82) is 0 Å². The van der Waals surface area contributed by atoms with Crippen LogP contribution in [0.2, 0.25) is 0 Å². The van der Waals surface area contributed by atoms with Crippen LogP contribution in [0.3, 0.4) is 0 Å². The van der Waals surface area contributed by atoms with Crippen molar-refractivity contribution in [3.63, 3.8) is 0 Å². The van der Waals surface area contributed by atoms with E-state index >= 15 is 0 Å². The van der Waals surface area contributed by atoms with E-state index in [9.17, 15) is 0 Å². The van der Waals surface area contributed by atoms with Crippen LogP contribution in [0.1, 0.15) is 13.8 Å². The zero-order chi connectivity index (χ0) is 19.2. The minimum Gasteiger partial charge on any atom is -0.493 e. The van der Waals surface area contributed by atoms with Gasteiger partial charge in [-0.1, -0.05) is 25.6 Å². The van der Waals surface area contributed by atoms with Crippen LogP contribution in [0.15, 0.2) is 40.5 Å². The van der Waals surface area contributed by atoms with Crippen molar-refractivity contribution in [2.24, 2.45) is 5.92 Å². The standard InChI is InChI=1S/C18H24N5O2PS/c1-12(2)9-25-13-3-5-14(6-4-13)27-17-15-16(21-18(19)22-17)23(10-20-15)7-8-24-11-26/h3-6,10,12H,7-9,11,26H2,1-2H3,(H2,19,21,22). The molecule has 1 aromatic carbocycles. The van der Waals surface area contributed by atoms with E-state index in [1.807, 2.05) is 28.8 Å². The smallest absolute Gasteiger partial charge is 0.223 e. The van der Waals surface area contributed by atoms with E-state index in [-0.39, 0.29) is 5.95 Å². The minimum atomic E-state index is 0.232. The highest BCUT2D eigenvalue weighted by Crippen LogP contribution is 2.32. The Morgan fingerprint density at radius 1 is 1.22 bits per heavy atom. The lowest BCUT2D eigenvalue weighted by Crippen LogP contribution is -2.06. The van der Waals surface area contributed by atoms with Gasteiger partial charge in [0.25, 0.3) is 0 Å². The number of hydrogen-bond donors (Lipinski definition) is 1. The summed E-state index contributed by atoms with van der Waals surface area (Å²) in [5.41, 5.74) is 7.38. The summed E-state index contributed by atoms with van der Waals surface area (Å²) in [5.74, 6) is 1.59. The van der Waals surface area contributed by atoms with Crippen molar-refractivity contribution in [1.82, 2.24) is 19.5 Å². The van der Waals surface area contributed by atoms with E-state index in [0.717, 1.165) is 21.2 Å². The maximum atomic E-state index is 5.92. The average molecular weight is 405 g/mol. The van der Waals surface area contributed by atoms with Crippen LogP contribution in [0.4, 0.5) is 5.95 Å². The summed E-state index contributed by atoms with van der Waals surface area (Å²) in [7, 11) is 2.54. The Bertz CT molecular complexity index is 885. The number of rotatable bonds is 9. The third-order valence-corrected chi connectivity index (χ3v) is 4.89. The van der Waals surface area contributed by atoms with E-state index < -0.39 is 0 Å². The third kappa shape index (κ3) is 5.31. The summed E-state index contributed by atoms with van der Waals surface area (Å²) in [6, 6.07) is 7.94. The molecular formula is C18H24N5O2PS. The molecule has 0 saturated heterocycles. The monoisotopic (exact) mass is 405 g/mol. The molecule has 7 nitrogen and oxygen atoms in total. The Labute approximate surface area is 165 Å². The van der Waals surface area contributed by atoms with E-state index in [1.165, 1.54) is 11.8 Å². The van der Waals surface area contributed by atoms with Crippen LogP contribution in [-0.4, -0.2) is 39.1 Å². The Balaban J connectivity index is 1.78. The molecule has 0 fully saturated rings. The van der Waals surface area contributed by atoms with Crippen molar-refractivity contribution >= 4 is 38.1 Å². The average Bonchev–Trinajstić information content (AvgIpc) is 3.04. The van der Waals surface area contributed by atoms with Crippen LogP contribution in [-0.2, 0) is 11.3 Å². The molecular weight excluding hydrogens is 381 g/mol. The molecule has 3 rings (SSSR count). The fraction of sp³-hybridized carbons (Fsp3) is 0.389. The second-order valence-electron chi connectivity index (χ2n) is 6.35. The molecule has 0 saturated carbocycles. The second-order valence-corrected chi connectivity index (χ2v) is 7.75. The van der Waals surface area contributed by atoms with Crippen molar-refractivity contribution in [3.8, 4) is 5.75 Å². The molecule has 0 radical (unpaired) electrons. The van der Waals surface area contributed by atoms with Crippen molar-refractivity contribution in [3.05, 3.63) is 30.6 Å². The molecule has 144 valence electrons. The first kappa shape index (κ1) is 19.9. The van der Waals surface area contributed by atoms with Gasteiger partial charge in [-0.25, -0.2) is 9.97 Å². The first-order valence-electron chi connectivity index (χ1n) is 8.73. The molecule has 0 aliphatic carbocycles. The molecule has 0 spiro atoms. The van der Waals surface area contributed by atoms with Gasteiger partial charge in [0.2, 0.25) is 5.95 Å². The largest absolute Gasteiger partial charge is 0.493 e. The van der Waals surface area contributed by atoms with Gasteiger partial charge in [0, 0.05) is 11.4 Å². The first-order chi connectivity index (χ1) is 13.1. The first-order valence-corrected chi connectivity index (χ1v) is 10.4. The topological polar surface area (TPSA) is 88.1 Å². The number of imidazole rings is 1. The lowest BCUT2D eigenvalue weighted by atomic mass is 10.2. The molecule has 0 amide bonds. The SMILES string of the molecule is CC(C)COc1ccc(Sc2nc(N)nc3c2ncn3CCOCP)cc1. The van der Waals surface area contributed by atoms with Crippen LogP contribution in [0, 0.1) is 5.92 Å². The molecule has 0 bridgehead atoms. The molecule has 1 atom stereocenters. The molecule has 2 aromatic heterocycles. The van der Waals surface area contributed by atoms with Crippen LogP contribution >= 0.6 is 21.0 Å². The molecule has 1 unspecified atom stereocenters. The molecule has 27 heavy (non-hydrogen) atoms. The van der Waals surface area contributed by atoms with Gasteiger partial charge in [-0.3, -0.25) is 0 Å². The maximum absolute atomic E-state index is 5.92.